The molecule has 8 heteroatoms. The van der Waals surface area contributed by atoms with Crippen LogP contribution in [-0.2, 0) is 27.5 Å². The molecule has 0 aromatic heterocycles. The van der Waals surface area contributed by atoms with E-state index in [0.717, 1.165) is 35.7 Å². The second-order valence-electron chi connectivity index (χ2n) is 5.54. The highest BCUT2D eigenvalue weighted by molar-refractivity contribution is 6.27. The van der Waals surface area contributed by atoms with Gasteiger partial charge >= 0.3 is 11.9 Å². The van der Waals surface area contributed by atoms with Gasteiger partial charge in [0.05, 0.1) is 13.7 Å². The maximum absolute atomic E-state index is 9.10. The Bertz CT molecular complexity index is 723. The number of benzene rings is 2. The quantitative estimate of drug-likeness (QED) is 0.440. The number of nitrogens with one attached hydrogen (secondary N) is 1. The zero-order valence-corrected chi connectivity index (χ0v) is 15.9. The van der Waals surface area contributed by atoms with Crippen molar-refractivity contribution in [2.24, 2.45) is 0 Å². The molecule has 0 heterocycles. The smallest absolute Gasteiger partial charge is 0.414 e. The van der Waals surface area contributed by atoms with E-state index in [0.29, 0.717) is 13.2 Å². The SMILES string of the molecule is COCCNCc1ccc(OCc2ccccc2)c(OC)c1.O=C(O)C(=O)O. The van der Waals surface area contributed by atoms with Gasteiger partial charge < -0.3 is 29.7 Å². The summed E-state index contributed by atoms with van der Waals surface area (Å²) in [7, 11) is 3.36. The first kappa shape index (κ1) is 22.9. The molecule has 0 radical (unpaired) electrons. The molecule has 0 aliphatic carbocycles. The number of carbonyl (C=O) groups is 2. The Kier molecular flexibility index (Phi) is 10.8. The van der Waals surface area contributed by atoms with Crippen LogP contribution in [0.2, 0.25) is 0 Å². The average Bonchev–Trinajstić information content (AvgIpc) is 2.71. The van der Waals surface area contributed by atoms with Gasteiger partial charge in [0, 0.05) is 20.2 Å². The van der Waals surface area contributed by atoms with Crippen LogP contribution in [0, 0.1) is 0 Å². The molecule has 0 bridgehead atoms. The molecule has 0 amide bonds. The van der Waals surface area contributed by atoms with Crippen LogP contribution in [0.15, 0.2) is 48.5 Å². The molecular weight excluding hydrogens is 366 g/mol. The van der Waals surface area contributed by atoms with Crippen molar-refractivity contribution in [3.8, 4) is 11.5 Å². The molecule has 0 saturated carbocycles. The zero-order chi connectivity index (χ0) is 20.8. The lowest BCUT2D eigenvalue weighted by molar-refractivity contribution is -0.159. The molecule has 8 nitrogen and oxygen atoms in total. The van der Waals surface area contributed by atoms with Crippen LogP contribution in [0.3, 0.4) is 0 Å². The largest absolute Gasteiger partial charge is 0.493 e. The summed E-state index contributed by atoms with van der Waals surface area (Å²) in [6, 6.07) is 16.1. The fourth-order valence-electron chi connectivity index (χ4n) is 2.08. The molecule has 0 fully saturated rings. The van der Waals surface area contributed by atoms with Gasteiger partial charge in [0.25, 0.3) is 0 Å². The maximum atomic E-state index is 9.10. The molecule has 0 aliphatic heterocycles. The van der Waals surface area contributed by atoms with Crippen LogP contribution in [0.1, 0.15) is 11.1 Å². The number of rotatable bonds is 9. The monoisotopic (exact) mass is 391 g/mol. The lowest BCUT2D eigenvalue weighted by Crippen LogP contribution is -2.18. The molecule has 2 aromatic rings. The highest BCUT2D eigenvalue weighted by Gasteiger charge is 2.06. The molecule has 2 aromatic carbocycles. The Labute approximate surface area is 163 Å². The Balaban J connectivity index is 0.000000568. The molecule has 0 saturated heterocycles. The molecular formula is C20H25NO7. The number of ether oxygens (including phenoxy) is 3. The van der Waals surface area contributed by atoms with E-state index in [9.17, 15) is 0 Å². The van der Waals surface area contributed by atoms with E-state index in [1.54, 1.807) is 14.2 Å². The summed E-state index contributed by atoms with van der Waals surface area (Å²) in [5.74, 6) is -2.14. The number of carboxylic acids is 2. The molecule has 0 aliphatic rings. The number of carboxylic acid groups (broad SMARTS) is 2. The standard InChI is InChI=1S/C18H23NO3.C2H2O4/c1-20-11-10-19-13-16-8-9-17(18(12-16)21-2)22-14-15-6-4-3-5-7-15;3-1(4)2(5)6/h3-9,12,19H,10-11,13-14H2,1-2H3;(H,3,4)(H,5,6). The Morgan fingerprint density at radius 2 is 1.61 bits per heavy atom. The second-order valence-corrected chi connectivity index (χ2v) is 5.54. The first-order valence-electron chi connectivity index (χ1n) is 8.47. The van der Waals surface area contributed by atoms with Crippen LogP contribution in [-0.4, -0.2) is 49.5 Å². The second kappa shape index (κ2) is 13.1. The topological polar surface area (TPSA) is 114 Å². The van der Waals surface area contributed by atoms with Gasteiger partial charge in [-0.1, -0.05) is 36.4 Å². The minimum absolute atomic E-state index is 0.530. The predicted octanol–water partition coefficient (Wildman–Crippen LogP) is 2.17. The van der Waals surface area contributed by atoms with Gasteiger partial charge in [-0.3, -0.25) is 0 Å². The average molecular weight is 391 g/mol. The van der Waals surface area contributed by atoms with Gasteiger partial charge in [-0.05, 0) is 23.3 Å². The van der Waals surface area contributed by atoms with Crippen LogP contribution < -0.4 is 14.8 Å². The van der Waals surface area contributed by atoms with Crippen molar-refractivity contribution in [2.45, 2.75) is 13.2 Å². The van der Waals surface area contributed by atoms with Crippen LogP contribution in [0.5, 0.6) is 11.5 Å². The van der Waals surface area contributed by atoms with E-state index in [1.165, 1.54) is 0 Å². The van der Waals surface area contributed by atoms with Crippen molar-refractivity contribution in [3.63, 3.8) is 0 Å². The van der Waals surface area contributed by atoms with Gasteiger partial charge in [0.1, 0.15) is 6.61 Å². The minimum atomic E-state index is -1.82. The lowest BCUT2D eigenvalue weighted by atomic mass is 10.2. The Morgan fingerprint density at radius 1 is 0.929 bits per heavy atom. The molecule has 0 unspecified atom stereocenters. The van der Waals surface area contributed by atoms with Gasteiger partial charge in [-0.25, -0.2) is 9.59 Å². The van der Waals surface area contributed by atoms with Gasteiger partial charge in [-0.15, -0.1) is 0 Å². The van der Waals surface area contributed by atoms with E-state index >= 15 is 0 Å². The van der Waals surface area contributed by atoms with Crippen molar-refractivity contribution >= 4 is 11.9 Å². The summed E-state index contributed by atoms with van der Waals surface area (Å²) < 4.78 is 16.3. The third-order valence-electron chi connectivity index (χ3n) is 3.46. The summed E-state index contributed by atoms with van der Waals surface area (Å²) in [6.45, 7) is 2.84. The summed E-state index contributed by atoms with van der Waals surface area (Å²) >= 11 is 0. The molecule has 2 rings (SSSR count). The number of methoxy groups -OCH3 is 2. The van der Waals surface area contributed by atoms with E-state index in [4.69, 9.17) is 34.0 Å². The third kappa shape index (κ3) is 9.02. The van der Waals surface area contributed by atoms with Crippen molar-refractivity contribution < 1.29 is 34.0 Å². The molecule has 3 N–H and O–H groups in total. The first-order valence-corrected chi connectivity index (χ1v) is 8.47. The van der Waals surface area contributed by atoms with Gasteiger partial charge in [0.2, 0.25) is 0 Å². The van der Waals surface area contributed by atoms with Gasteiger partial charge in [-0.2, -0.15) is 0 Å². The predicted molar refractivity (Wildman–Crippen MR) is 103 cm³/mol. The van der Waals surface area contributed by atoms with Crippen LogP contribution in [0.25, 0.3) is 0 Å². The summed E-state index contributed by atoms with van der Waals surface area (Å²) in [5, 5.41) is 18.1. The Morgan fingerprint density at radius 3 is 2.18 bits per heavy atom. The van der Waals surface area contributed by atoms with Crippen molar-refractivity contribution in [1.82, 2.24) is 5.32 Å². The van der Waals surface area contributed by atoms with Gasteiger partial charge in [0.15, 0.2) is 11.5 Å². The molecule has 152 valence electrons. The fraction of sp³-hybridized carbons (Fsp3) is 0.300. The molecule has 0 spiro atoms. The van der Waals surface area contributed by atoms with Crippen molar-refractivity contribution in [2.75, 3.05) is 27.4 Å². The Hall–Kier alpha value is -3.10. The fourth-order valence-corrected chi connectivity index (χ4v) is 2.08. The highest BCUT2D eigenvalue weighted by atomic mass is 16.5. The zero-order valence-electron chi connectivity index (χ0n) is 15.9. The van der Waals surface area contributed by atoms with Crippen molar-refractivity contribution in [3.05, 3.63) is 59.7 Å². The molecule has 28 heavy (non-hydrogen) atoms. The lowest BCUT2D eigenvalue weighted by Gasteiger charge is -2.12. The molecule has 0 atom stereocenters. The number of hydrogen-bond acceptors (Lipinski definition) is 6. The van der Waals surface area contributed by atoms with E-state index < -0.39 is 11.9 Å². The van der Waals surface area contributed by atoms with E-state index in [-0.39, 0.29) is 0 Å². The van der Waals surface area contributed by atoms with E-state index in [2.05, 4.69) is 5.32 Å². The van der Waals surface area contributed by atoms with Crippen molar-refractivity contribution in [1.29, 1.82) is 0 Å². The van der Waals surface area contributed by atoms with Crippen LogP contribution >= 0.6 is 0 Å². The number of aliphatic carboxylic acids is 2. The number of hydrogen-bond donors (Lipinski definition) is 3. The third-order valence-corrected chi connectivity index (χ3v) is 3.46. The first-order chi connectivity index (χ1) is 13.5. The summed E-state index contributed by atoms with van der Waals surface area (Å²) in [4.78, 5) is 18.2. The normalized spacial score (nSPS) is 9.79. The summed E-state index contributed by atoms with van der Waals surface area (Å²) in [5.41, 5.74) is 2.29. The summed E-state index contributed by atoms with van der Waals surface area (Å²) in [6.07, 6.45) is 0. The highest BCUT2D eigenvalue weighted by Crippen LogP contribution is 2.28. The maximum Gasteiger partial charge on any atom is 0.414 e. The van der Waals surface area contributed by atoms with Crippen LogP contribution in [0.4, 0.5) is 0 Å². The minimum Gasteiger partial charge on any atom is -0.493 e. The van der Waals surface area contributed by atoms with E-state index in [1.807, 2.05) is 48.5 Å².